The summed E-state index contributed by atoms with van der Waals surface area (Å²) >= 11 is 0. The minimum absolute atomic E-state index is 0.651. The normalized spacial score (nSPS) is 10.2. The second-order valence-corrected chi connectivity index (χ2v) is 4.39. The molecule has 1 aromatic heterocycles. The molecule has 0 unspecified atom stereocenters. The van der Waals surface area contributed by atoms with E-state index < -0.39 is 0 Å². The molecule has 3 nitrogen and oxygen atoms in total. The number of aromatic nitrogens is 1. The number of rotatable bonds is 6. The Bertz CT molecular complexity index is 526. The molecule has 2 aromatic rings. The summed E-state index contributed by atoms with van der Waals surface area (Å²) in [6, 6.07) is 12.3. The largest absolute Gasteiger partial charge is 0.490 e. The van der Waals surface area contributed by atoms with Gasteiger partial charge >= 0.3 is 0 Å². The van der Waals surface area contributed by atoms with Gasteiger partial charge in [0.05, 0.1) is 6.61 Å². The van der Waals surface area contributed by atoms with Gasteiger partial charge in [-0.3, -0.25) is 0 Å². The number of anilines is 1. The van der Waals surface area contributed by atoms with Crippen LogP contribution in [-0.4, -0.2) is 18.1 Å². The number of pyridine rings is 1. The first kappa shape index (κ1) is 13.4. The van der Waals surface area contributed by atoms with Crippen molar-refractivity contribution in [1.29, 1.82) is 0 Å². The molecule has 0 aliphatic rings. The van der Waals surface area contributed by atoms with Gasteiger partial charge in [-0.1, -0.05) is 24.3 Å². The molecule has 0 fully saturated rings. The Morgan fingerprint density at radius 1 is 1.16 bits per heavy atom. The summed E-state index contributed by atoms with van der Waals surface area (Å²) in [5, 5.41) is 3.34. The Morgan fingerprint density at radius 2 is 2.00 bits per heavy atom. The molecule has 0 aliphatic carbocycles. The Labute approximate surface area is 114 Å². The van der Waals surface area contributed by atoms with Crippen LogP contribution >= 0.6 is 0 Å². The van der Waals surface area contributed by atoms with Gasteiger partial charge in [0.1, 0.15) is 0 Å². The van der Waals surface area contributed by atoms with E-state index in [1.165, 1.54) is 11.1 Å². The Balaban J connectivity index is 1.94. The van der Waals surface area contributed by atoms with Crippen LogP contribution in [0.3, 0.4) is 0 Å². The molecule has 19 heavy (non-hydrogen) atoms. The number of benzene rings is 1. The van der Waals surface area contributed by atoms with Gasteiger partial charge in [0, 0.05) is 12.7 Å². The molecular weight excluding hydrogens is 236 g/mol. The van der Waals surface area contributed by atoms with Crippen molar-refractivity contribution in [3.63, 3.8) is 0 Å². The van der Waals surface area contributed by atoms with E-state index in [0.717, 1.165) is 24.5 Å². The topological polar surface area (TPSA) is 34.1 Å². The molecule has 1 N–H and O–H groups in total. The number of nitrogens with one attached hydrogen (secondary N) is 1. The second kappa shape index (κ2) is 6.78. The smallest absolute Gasteiger partial charge is 0.168 e. The predicted octanol–water partition coefficient (Wildman–Crippen LogP) is 3.44. The summed E-state index contributed by atoms with van der Waals surface area (Å²) in [6.07, 6.45) is 2.76. The molecule has 0 spiro atoms. The van der Waals surface area contributed by atoms with E-state index in [1.807, 2.05) is 19.1 Å². The van der Waals surface area contributed by atoms with Crippen molar-refractivity contribution >= 4 is 5.82 Å². The van der Waals surface area contributed by atoms with Crippen LogP contribution in [0.2, 0.25) is 0 Å². The number of hydrogen-bond acceptors (Lipinski definition) is 3. The van der Waals surface area contributed by atoms with Crippen LogP contribution in [0.25, 0.3) is 0 Å². The van der Waals surface area contributed by atoms with Crippen LogP contribution in [0.1, 0.15) is 18.1 Å². The van der Waals surface area contributed by atoms with E-state index in [4.69, 9.17) is 4.74 Å². The number of aryl methyl sites for hydroxylation is 1. The molecule has 0 amide bonds. The highest BCUT2D eigenvalue weighted by Gasteiger charge is 2.03. The molecule has 0 aliphatic heterocycles. The van der Waals surface area contributed by atoms with Crippen LogP contribution in [0.4, 0.5) is 5.82 Å². The zero-order chi connectivity index (χ0) is 13.5. The highest BCUT2D eigenvalue weighted by Crippen LogP contribution is 2.20. The Morgan fingerprint density at radius 3 is 2.79 bits per heavy atom. The van der Waals surface area contributed by atoms with Crippen LogP contribution in [-0.2, 0) is 6.42 Å². The lowest BCUT2D eigenvalue weighted by Crippen LogP contribution is -2.08. The van der Waals surface area contributed by atoms with E-state index in [1.54, 1.807) is 6.20 Å². The van der Waals surface area contributed by atoms with Gasteiger partial charge in [-0.2, -0.15) is 0 Å². The Kier molecular flexibility index (Phi) is 4.78. The molecular formula is C16H20N2O. The number of nitrogens with zero attached hydrogens (tertiary/aromatic N) is 1. The molecule has 0 saturated carbocycles. The van der Waals surface area contributed by atoms with E-state index in [-0.39, 0.29) is 0 Å². The first-order valence-electron chi connectivity index (χ1n) is 6.67. The van der Waals surface area contributed by atoms with Gasteiger partial charge in [0.25, 0.3) is 0 Å². The highest BCUT2D eigenvalue weighted by molar-refractivity contribution is 5.49. The van der Waals surface area contributed by atoms with Crippen molar-refractivity contribution in [3.05, 3.63) is 53.7 Å². The Hall–Kier alpha value is -2.03. The molecule has 100 valence electrons. The van der Waals surface area contributed by atoms with Gasteiger partial charge < -0.3 is 10.1 Å². The molecule has 2 rings (SSSR count). The van der Waals surface area contributed by atoms with Crippen molar-refractivity contribution in [2.45, 2.75) is 20.3 Å². The minimum atomic E-state index is 0.651. The lowest BCUT2D eigenvalue weighted by molar-refractivity contribution is 0.340. The average Bonchev–Trinajstić information content (AvgIpc) is 2.43. The van der Waals surface area contributed by atoms with Crippen LogP contribution in [0.5, 0.6) is 5.75 Å². The predicted molar refractivity (Wildman–Crippen MR) is 78.8 cm³/mol. The van der Waals surface area contributed by atoms with E-state index in [0.29, 0.717) is 6.61 Å². The van der Waals surface area contributed by atoms with Gasteiger partial charge in [-0.05, 0) is 43.5 Å². The zero-order valence-electron chi connectivity index (χ0n) is 11.5. The van der Waals surface area contributed by atoms with Crippen LogP contribution < -0.4 is 10.1 Å². The van der Waals surface area contributed by atoms with Crippen molar-refractivity contribution in [2.24, 2.45) is 0 Å². The van der Waals surface area contributed by atoms with Gasteiger partial charge in [-0.25, -0.2) is 4.98 Å². The first-order valence-corrected chi connectivity index (χ1v) is 6.67. The van der Waals surface area contributed by atoms with Gasteiger partial charge in [-0.15, -0.1) is 0 Å². The van der Waals surface area contributed by atoms with E-state index in [9.17, 15) is 0 Å². The third-order valence-electron chi connectivity index (χ3n) is 3.02. The average molecular weight is 256 g/mol. The lowest BCUT2D eigenvalue weighted by atomic mass is 10.1. The molecule has 1 heterocycles. The van der Waals surface area contributed by atoms with Gasteiger partial charge in [0.15, 0.2) is 11.6 Å². The SMILES string of the molecule is CCOc1cccnc1NCCc1ccccc1C. The quantitative estimate of drug-likeness (QED) is 0.859. The third-order valence-corrected chi connectivity index (χ3v) is 3.02. The summed E-state index contributed by atoms with van der Waals surface area (Å²) in [5.74, 6) is 1.63. The maximum atomic E-state index is 5.54. The zero-order valence-corrected chi connectivity index (χ0v) is 11.5. The summed E-state index contributed by atoms with van der Waals surface area (Å²) in [4.78, 5) is 4.31. The molecule has 0 saturated heterocycles. The van der Waals surface area contributed by atoms with Crippen LogP contribution in [0.15, 0.2) is 42.6 Å². The van der Waals surface area contributed by atoms with E-state index in [2.05, 4.69) is 41.5 Å². The monoisotopic (exact) mass is 256 g/mol. The van der Waals surface area contributed by atoms with Crippen LogP contribution in [0, 0.1) is 6.92 Å². The summed E-state index contributed by atoms with van der Waals surface area (Å²) in [6.45, 7) is 5.62. The lowest BCUT2D eigenvalue weighted by Gasteiger charge is -2.11. The first-order chi connectivity index (χ1) is 9.31. The van der Waals surface area contributed by atoms with Crippen molar-refractivity contribution in [3.8, 4) is 5.75 Å². The minimum Gasteiger partial charge on any atom is -0.490 e. The maximum Gasteiger partial charge on any atom is 0.168 e. The van der Waals surface area contributed by atoms with Crippen molar-refractivity contribution in [2.75, 3.05) is 18.5 Å². The molecule has 0 atom stereocenters. The molecule has 1 aromatic carbocycles. The van der Waals surface area contributed by atoms with Crippen molar-refractivity contribution < 1.29 is 4.74 Å². The standard InChI is InChI=1S/C16H20N2O/c1-3-19-15-9-6-11-17-16(15)18-12-10-14-8-5-4-7-13(14)2/h4-9,11H,3,10,12H2,1-2H3,(H,17,18). The number of ether oxygens (including phenoxy) is 1. The fourth-order valence-electron chi connectivity index (χ4n) is 2.00. The second-order valence-electron chi connectivity index (χ2n) is 4.39. The molecule has 0 radical (unpaired) electrons. The molecule has 3 heteroatoms. The fraction of sp³-hybridized carbons (Fsp3) is 0.312. The van der Waals surface area contributed by atoms with Gasteiger partial charge in [0.2, 0.25) is 0 Å². The van der Waals surface area contributed by atoms with Crippen molar-refractivity contribution in [1.82, 2.24) is 4.98 Å². The molecule has 0 bridgehead atoms. The number of hydrogen-bond donors (Lipinski definition) is 1. The van der Waals surface area contributed by atoms with E-state index >= 15 is 0 Å². The summed E-state index contributed by atoms with van der Waals surface area (Å²) < 4.78 is 5.54. The maximum absolute atomic E-state index is 5.54. The summed E-state index contributed by atoms with van der Waals surface area (Å²) in [7, 11) is 0. The summed E-state index contributed by atoms with van der Waals surface area (Å²) in [5.41, 5.74) is 2.69. The fourth-order valence-corrected chi connectivity index (χ4v) is 2.00. The highest BCUT2D eigenvalue weighted by atomic mass is 16.5. The third kappa shape index (κ3) is 3.71.